The Morgan fingerprint density at radius 3 is 1.56 bits per heavy atom. The maximum Gasteiger partial charge on any atom is 0.0794 e. The zero-order chi connectivity index (χ0) is 33.0. The third-order valence-corrected chi connectivity index (χ3v) is 10.2. The van der Waals surface area contributed by atoms with Crippen LogP contribution >= 0.6 is 0 Å². The van der Waals surface area contributed by atoms with Crippen molar-refractivity contribution >= 4 is 53.9 Å². The predicted molar refractivity (Wildman–Crippen MR) is 214 cm³/mol. The first-order valence-corrected chi connectivity index (χ1v) is 17.2. The van der Waals surface area contributed by atoms with Crippen molar-refractivity contribution in [3.8, 4) is 44.8 Å². The van der Waals surface area contributed by atoms with Gasteiger partial charge < -0.3 is 0 Å². The van der Waals surface area contributed by atoms with Crippen LogP contribution in [-0.4, -0.2) is 4.98 Å². The molecule has 232 valence electrons. The molecule has 0 spiro atoms. The number of aromatic nitrogens is 1. The molecule has 1 aromatic heterocycles. The van der Waals surface area contributed by atoms with Gasteiger partial charge in [-0.2, -0.15) is 0 Å². The van der Waals surface area contributed by atoms with Crippen LogP contribution in [0.2, 0.25) is 0 Å². The molecule has 0 unspecified atom stereocenters. The van der Waals surface area contributed by atoms with Crippen LogP contribution < -0.4 is 0 Å². The second-order valence-corrected chi connectivity index (χ2v) is 13.1. The van der Waals surface area contributed by atoms with Crippen molar-refractivity contribution in [3.05, 3.63) is 188 Å². The zero-order valence-corrected chi connectivity index (χ0v) is 27.3. The predicted octanol–water partition coefficient (Wildman–Crippen LogP) is 13.5. The normalized spacial score (nSPS) is 11.6. The minimum atomic E-state index is 0.974. The van der Waals surface area contributed by atoms with E-state index in [0.29, 0.717) is 0 Å². The lowest BCUT2D eigenvalue weighted by molar-refractivity contribution is 1.36. The lowest BCUT2D eigenvalue weighted by atomic mass is 9.86. The summed E-state index contributed by atoms with van der Waals surface area (Å²) in [5.41, 5.74) is 9.05. The largest absolute Gasteiger partial charge is 0.247 e. The summed E-state index contributed by atoms with van der Waals surface area (Å²) in [5, 5.41) is 12.2. The summed E-state index contributed by atoms with van der Waals surface area (Å²) in [6.07, 6.45) is 0. The van der Waals surface area contributed by atoms with Crippen LogP contribution in [0.5, 0.6) is 0 Å². The van der Waals surface area contributed by atoms with Gasteiger partial charge in [-0.05, 0) is 88.9 Å². The summed E-state index contributed by atoms with van der Waals surface area (Å²) in [6.45, 7) is 0. The first kappa shape index (κ1) is 28.4. The Labute approximate surface area is 290 Å². The highest BCUT2D eigenvalue weighted by Gasteiger charge is 2.19. The smallest absolute Gasteiger partial charge is 0.0794 e. The molecule has 0 aliphatic heterocycles. The molecule has 10 rings (SSSR count). The molecular formula is C49H31N. The summed E-state index contributed by atoms with van der Waals surface area (Å²) < 4.78 is 0. The number of hydrogen-bond donors (Lipinski definition) is 0. The van der Waals surface area contributed by atoms with Gasteiger partial charge >= 0.3 is 0 Å². The van der Waals surface area contributed by atoms with E-state index in [1.165, 1.54) is 70.7 Å². The maximum atomic E-state index is 5.48. The molecule has 0 aliphatic carbocycles. The molecule has 0 radical (unpaired) electrons. The standard InChI is InChI=1S/C49H31N/c1-2-14-35(15-3-1)47-31-46-40-18-9-8-13-34(40)25-26-45(46)49(50-47)44-28-27-42(39-24-22-33-12-5-7-17-37(33)30-39)48-41(19-10-20-43(44)48)38-23-21-32-11-4-6-16-36(32)29-38/h1-31H. The molecule has 0 bridgehead atoms. The van der Waals surface area contributed by atoms with Gasteiger partial charge in [0.1, 0.15) is 0 Å². The van der Waals surface area contributed by atoms with Gasteiger partial charge in [-0.15, -0.1) is 0 Å². The van der Waals surface area contributed by atoms with Gasteiger partial charge in [0.15, 0.2) is 0 Å². The number of hydrogen-bond acceptors (Lipinski definition) is 1. The first-order chi connectivity index (χ1) is 24.8. The second-order valence-electron chi connectivity index (χ2n) is 13.1. The van der Waals surface area contributed by atoms with Crippen LogP contribution in [0.1, 0.15) is 0 Å². The van der Waals surface area contributed by atoms with E-state index in [9.17, 15) is 0 Å². The molecule has 0 aliphatic rings. The Kier molecular flexibility index (Phi) is 6.57. The monoisotopic (exact) mass is 633 g/mol. The van der Waals surface area contributed by atoms with Gasteiger partial charge in [0.2, 0.25) is 0 Å². The number of benzene rings is 9. The van der Waals surface area contributed by atoms with Crippen LogP contribution in [0, 0.1) is 0 Å². The highest BCUT2D eigenvalue weighted by molar-refractivity contribution is 6.18. The van der Waals surface area contributed by atoms with E-state index < -0.39 is 0 Å². The Morgan fingerprint density at radius 1 is 0.280 bits per heavy atom. The van der Waals surface area contributed by atoms with Crippen molar-refractivity contribution in [3.63, 3.8) is 0 Å². The van der Waals surface area contributed by atoms with E-state index in [4.69, 9.17) is 4.98 Å². The molecule has 50 heavy (non-hydrogen) atoms. The van der Waals surface area contributed by atoms with Crippen molar-refractivity contribution in [1.82, 2.24) is 4.98 Å². The van der Waals surface area contributed by atoms with E-state index in [-0.39, 0.29) is 0 Å². The molecule has 0 atom stereocenters. The lowest BCUT2D eigenvalue weighted by Gasteiger charge is -2.18. The van der Waals surface area contributed by atoms with E-state index in [1.54, 1.807) is 0 Å². The van der Waals surface area contributed by atoms with Crippen molar-refractivity contribution in [2.24, 2.45) is 0 Å². The van der Waals surface area contributed by atoms with Crippen molar-refractivity contribution in [1.29, 1.82) is 0 Å². The molecule has 1 heterocycles. The van der Waals surface area contributed by atoms with Gasteiger partial charge in [0, 0.05) is 16.5 Å². The quantitative estimate of drug-likeness (QED) is 0.176. The fourth-order valence-corrected chi connectivity index (χ4v) is 7.78. The highest BCUT2D eigenvalue weighted by Crippen LogP contribution is 2.44. The van der Waals surface area contributed by atoms with Crippen molar-refractivity contribution < 1.29 is 0 Å². The van der Waals surface area contributed by atoms with Crippen LogP contribution in [0.25, 0.3) is 98.6 Å². The average molecular weight is 634 g/mol. The Hall–Kier alpha value is -6.57. The summed E-state index contributed by atoms with van der Waals surface area (Å²) in [4.78, 5) is 5.48. The zero-order valence-electron chi connectivity index (χ0n) is 27.3. The van der Waals surface area contributed by atoms with Gasteiger partial charge in [-0.3, -0.25) is 0 Å². The molecule has 1 heteroatoms. The third-order valence-electron chi connectivity index (χ3n) is 10.2. The molecule has 0 saturated heterocycles. The minimum absolute atomic E-state index is 0.974. The van der Waals surface area contributed by atoms with Crippen LogP contribution in [-0.2, 0) is 0 Å². The van der Waals surface area contributed by atoms with Gasteiger partial charge in [-0.1, -0.05) is 170 Å². The first-order valence-electron chi connectivity index (χ1n) is 17.2. The van der Waals surface area contributed by atoms with Gasteiger partial charge in [0.25, 0.3) is 0 Å². The molecule has 0 N–H and O–H groups in total. The van der Waals surface area contributed by atoms with Crippen LogP contribution in [0.3, 0.4) is 0 Å². The molecule has 10 aromatic rings. The van der Waals surface area contributed by atoms with Crippen molar-refractivity contribution in [2.75, 3.05) is 0 Å². The summed E-state index contributed by atoms with van der Waals surface area (Å²) >= 11 is 0. The lowest BCUT2D eigenvalue weighted by Crippen LogP contribution is -1.95. The summed E-state index contributed by atoms with van der Waals surface area (Å²) in [5.74, 6) is 0. The van der Waals surface area contributed by atoms with E-state index >= 15 is 0 Å². The minimum Gasteiger partial charge on any atom is -0.247 e. The molecule has 0 amide bonds. The molecule has 9 aromatic carbocycles. The van der Waals surface area contributed by atoms with Crippen LogP contribution in [0.15, 0.2) is 188 Å². The fourth-order valence-electron chi connectivity index (χ4n) is 7.78. The summed E-state index contributed by atoms with van der Waals surface area (Å²) in [6, 6.07) is 68.3. The number of nitrogens with zero attached hydrogens (tertiary/aromatic N) is 1. The SMILES string of the molecule is c1ccc(-c2cc3c(ccc4ccccc43)c(-c3ccc(-c4ccc5ccccc5c4)c4c(-c5ccc6ccccc6c5)cccc34)n2)cc1. The van der Waals surface area contributed by atoms with Gasteiger partial charge in [-0.25, -0.2) is 4.98 Å². The van der Waals surface area contributed by atoms with E-state index in [1.807, 2.05) is 0 Å². The molecular weight excluding hydrogens is 603 g/mol. The average Bonchev–Trinajstić information content (AvgIpc) is 3.19. The topological polar surface area (TPSA) is 12.9 Å². The Morgan fingerprint density at radius 2 is 0.840 bits per heavy atom. The summed E-state index contributed by atoms with van der Waals surface area (Å²) in [7, 11) is 0. The molecule has 1 nitrogen and oxygen atoms in total. The van der Waals surface area contributed by atoms with E-state index in [2.05, 4.69) is 188 Å². The number of rotatable bonds is 4. The molecule has 0 saturated carbocycles. The number of fused-ring (bicyclic) bond motifs is 6. The Bertz CT molecular complexity index is 2830. The fraction of sp³-hybridized carbons (Fsp3) is 0. The van der Waals surface area contributed by atoms with Crippen molar-refractivity contribution in [2.45, 2.75) is 0 Å². The molecule has 0 fully saturated rings. The maximum absolute atomic E-state index is 5.48. The Balaban J connectivity index is 1.31. The third kappa shape index (κ3) is 4.67. The second kappa shape index (κ2) is 11.5. The van der Waals surface area contributed by atoms with E-state index in [0.717, 1.165) is 27.9 Å². The van der Waals surface area contributed by atoms with Gasteiger partial charge in [0.05, 0.1) is 11.4 Å². The van der Waals surface area contributed by atoms with Crippen LogP contribution in [0.4, 0.5) is 0 Å². The highest BCUT2D eigenvalue weighted by atomic mass is 14.7. The number of pyridine rings is 1.